The third kappa shape index (κ3) is 2.23. The fourth-order valence-electron chi connectivity index (χ4n) is 2.97. The fourth-order valence-corrected chi connectivity index (χ4v) is 3.16. The second kappa shape index (κ2) is 4.29. The molecule has 92 valence electrons. The van der Waals surface area contributed by atoms with E-state index in [0.29, 0.717) is 11.5 Å². The number of hydrogen-bond acceptors (Lipinski definition) is 1. The third-order valence-electron chi connectivity index (χ3n) is 4.61. The van der Waals surface area contributed by atoms with Crippen LogP contribution in [0.4, 0.5) is 0 Å². The van der Waals surface area contributed by atoms with E-state index in [1.165, 1.54) is 49.8 Å². The van der Waals surface area contributed by atoms with Crippen molar-refractivity contribution in [2.24, 2.45) is 5.41 Å². The van der Waals surface area contributed by atoms with Gasteiger partial charge in [0, 0.05) is 17.6 Å². The van der Waals surface area contributed by atoms with E-state index in [1.807, 2.05) is 6.07 Å². The Labute approximate surface area is 109 Å². The van der Waals surface area contributed by atoms with Crippen molar-refractivity contribution in [1.82, 2.24) is 5.32 Å². The Morgan fingerprint density at radius 3 is 2.94 bits per heavy atom. The second-order valence-corrected chi connectivity index (χ2v) is 6.11. The maximum absolute atomic E-state index is 6.03. The molecular formula is C15H20ClN. The largest absolute Gasteiger partial charge is 0.309 e. The smallest absolute Gasteiger partial charge is 0.0408 e. The van der Waals surface area contributed by atoms with E-state index in [0.717, 1.165) is 5.02 Å². The first kappa shape index (κ1) is 11.6. The highest BCUT2D eigenvalue weighted by molar-refractivity contribution is 6.30. The van der Waals surface area contributed by atoms with Gasteiger partial charge in [0.1, 0.15) is 0 Å². The van der Waals surface area contributed by atoms with Crippen LogP contribution in [0, 0.1) is 5.41 Å². The molecule has 0 aliphatic heterocycles. The topological polar surface area (TPSA) is 12.0 Å². The summed E-state index contributed by atoms with van der Waals surface area (Å²) >= 11 is 6.03. The lowest BCUT2D eigenvalue weighted by Gasteiger charge is -2.19. The molecule has 0 heterocycles. The van der Waals surface area contributed by atoms with Crippen LogP contribution in [0.1, 0.15) is 49.8 Å². The first-order valence-electron chi connectivity index (χ1n) is 6.74. The van der Waals surface area contributed by atoms with Crippen LogP contribution in [0.25, 0.3) is 0 Å². The molecule has 2 heteroatoms. The van der Waals surface area contributed by atoms with Gasteiger partial charge < -0.3 is 5.32 Å². The molecule has 1 aromatic carbocycles. The van der Waals surface area contributed by atoms with E-state index >= 15 is 0 Å². The Balaban J connectivity index is 1.67. The number of aryl methyl sites for hydroxylation is 1. The molecule has 0 aromatic heterocycles. The standard InChI is InChI=1S/C15H20ClN/c1-2-15(7-8-15)10-17-14-6-3-11-9-12(16)4-5-13(11)14/h4-5,9,14,17H,2-3,6-8,10H2,1H3. The van der Waals surface area contributed by atoms with Crippen molar-refractivity contribution in [2.45, 2.75) is 45.1 Å². The normalized spacial score (nSPS) is 24.7. The minimum absolute atomic E-state index is 0.561. The van der Waals surface area contributed by atoms with Gasteiger partial charge in [-0.05, 0) is 60.8 Å². The van der Waals surface area contributed by atoms with E-state index in [-0.39, 0.29) is 0 Å². The van der Waals surface area contributed by atoms with Crippen molar-refractivity contribution >= 4 is 11.6 Å². The Kier molecular flexibility index (Phi) is 2.92. The summed E-state index contributed by atoms with van der Waals surface area (Å²) in [5.41, 5.74) is 3.55. The molecule has 0 spiro atoms. The molecule has 2 aliphatic rings. The molecule has 1 atom stereocenters. The quantitative estimate of drug-likeness (QED) is 0.847. The summed E-state index contributed by atoms with van der Waals surface area (Å²) in [7, 11) is 0. The van der Waals surface area contributed by atoms with E-state index in [9.17, 15) is 0 Å². The highest BCUT2D eigenvalue weighted by atomic mass is 35.5. The number of nitrogens with one attached hydrogen (secondary N) is 1. The van der Waals surface area contributed by atoms with Gasteiger partial charge in [-0.2, -0.15) is 0 Å². The molecule has 0 amide bonds. The zero-order valence-corrected chi connectivity index (χ0v) is 11.2. The molecule has 0 saturated heterocycles. The molecule has 17 heavy (non-hydrogen) atoms. The van der Waals surface area contributed by atoms with Gasteiger partial charge in [0.15, 0.2) is 0 Å². The average molecular weight is 250 g/mol. The summed E-state index contributed by atoms with van der Waals surface area (Å²) in [6, 6.07) is 6.91. The number of fused-ring (bicyclic) bond motifs is 1. The van der Waals surface area contributed by atoms with Crippen LogP contribution >= 0.6 is 11.6 Å². The molecule has 1 saturated carbocycles. The van der Waals surface area contributed by atoms with E-state index < -0.39 is 0 Å². The predicted molar refractivity (Wildman–Crippen MR) is 72.5 cm³/mol. The monoisotopic (exact) mass is 249 g/mol. The molecule has 1 unspecified atom stereocenters. The molecule has 1 fully saturated rings. The maximum atomic E-state index is 6.03. The Morgan fingerprint density at radius 2 is 2.24 bits per heavy atom. The number of benzene rings is 1. The zero-order chi connectivity index (χ0) is 11.9. The third-order valence-corrected chi connectivity index (χ3v) is 4.85. The fraction of sp³-hybridized carbons (Fsp3) is 0.600. The van der Waals surface area contributed by atoms with Crippen LogP contribution in [0.2, 0.25) is 5.02 Å². The van der Waals surface area contributed by atoms with Crippen LogP contribution < -0.4 is 5.32 Å². The zero-order valence-electron chi connectivity index (χ0n) is 10.4. The SMILES string of the molecule is CCC1(CNC2CCc3cc(Cl)ccc32)CC1. The molecular weight excluding hydrogens is 230 g/mol. The summed E-state index contributed by atoms with van der Waals surface area (Å²) in [6.45, 7) is 3.51. The van der Waals surface area contributed by atoms with Crippen LogP contribution in [-0.2, 0) is 6.42 Å². The highest BCUT2D eigenvalue weighted by Crippen LogP contribution is 2.48. The van der Waals surface area contributed by atoms with E-state index in [1.54, 1.807) is 0 Å². The van der Waals surface area contributed by atoms with Crippen LogP contribution in [0.15, 0.2) is 18.2 Å². The van der Waals surface area contributed by atoms with E-state index in [4.69, 9.17) is 11.6 Å². The van der Waals surface area contributed by atoms with Crippen molar-refractivity contribution in [3.63, 3.8) is 0 Å². The van der Waals surface area contributed by atoms with Crippen LogP contribution in [0.5, 0.6) is 0 Å². The predicted octanol–water partition coefficient (Wildman–Crippen LogP) is 4.11. The van der Waals surface area contributed by atoms with Gasteiger partial charge in [0.2, 0.25) is 0 Å². The van der Waals surface area contributed by atoms with E-state index in [2.05, 4.69) is 24.4 Å². The highest BCUT2D eigenvalue weighted by Gasteiger charge is 2.40. The molecule has 1 N–H and O–H groups in total. The van der Waals surface area contributed by atoms with Crippen molar-refractivity contribution in [3.8, 4) is 0 Å². The number of rotatable bonds is 4. The second-order valence-electron chi connectivity index (χ2n) is 5.67. The molecule has 0 radical (unpaired) electrons. The Hall–Kier alpha value is -0.530. The maximum Gasteiger partial charge on any atom is 0.0408 e. The van der Waals surface area contributed by atoms with Gasteiger partial charge in [-0.15, -0.1) is 0 Å². The van der Waals surface area contributed by atoms with Crippen LogP contribution in [0.3, 0.4) is 0 Å². The number of halogens is 1. The lowest BCUT2D eigenvalue weighted by Crippen LogP contribution is -2.26. The first-order valence-corrected chi connectivity index (χ1v) is 7.12. The lowest BCUT2D eigenvalue weighted by molar-refractivity contribution is 0.403. The summed E-state index contributed by atoms with van der Waals surface area (Å²) in [6.07, 6.45) is 6.55. The molecule has 1 nitrogen and oxygen atoms in total. The van der Waals surface area contributed by atoms with Crippen molar-refractivity contribution < 1.29 is 0 Å². The summed E-state index contributed by atoms with van der Waals surface area (Å²) < 4.78 is 0. The Bertz CT molecular complexity index is 423. The molecule has 1 aromatic rings. The average Bonchev–Trinajstić information content (AvgIpc) is 3.02. The summed E-state index contributed by atoms with van der Waals surface area (Å²) in [5, 5.41) is 4.64. The summed E-state index contributed by atoms with van der Waals surface area (Å²) in [4.78, 5) is 0. The molecule has 2 aliphatic carbocycles. The van der Waals surface area contributed by atoms with Crippen molar-refractivity contribution in [1.29, 1.82) is 0 Å². The Morgan fingerprint density at radius 1 is 1.41 bits per heavy atom. The molecule has 3 rings (SSSR count). The van der Waals surface area contributed by atoms with Gasteiger partial charge in [-0.25, -0.2) is 0 Å². The lowest BCUT2D eigenvalue weighted by atomic mass is 10.0. The number of hydrogen-bond donors (Lipinski definition) is 1. The summed E-state index contributed by atoms with van der Waals surface area (Å²) in [5.74, 6) is 0. The molecule has 0 bridgehead atoms. The first-order chi connectivity index (χ1) is 8.22. The van der Waals surface area contributed by atoms with Gasteiger partial charge in [-0.3, -0.25) is 0 Å². The van der Waals surface area contributed by atoms with Crippen LogP contribution in [-0.4, -0.2) is 6.54 Å². The van der Waals surface area contributed by atoms with Crippen molar-refractivity contribution in [2.75, 3.05) is 6.54 Å². The van der Waals surface area contributed by atoms with Crippen molar-refractivity contribution in [3.05, 3.63) is 34.3 Å². The van der Waals surface area contributed by atoms with Gasteiger partial charge >= 0.3 is 0 Å². The minimum Gasteiger partial charge on any atom is -0.309 e. The van der Waals surface area contributed by atoms with Gasteiger partial charge in [-0.1, -0.05) is 24.6 Å². The van der Waals surface area contributed by atoms with Gasteiger partial charge in [0.05, 0.1) is 0 Å². The minimum atomic E-state index is 0.561. The van der Waals surface area contributed by atoms with Gasteiger partial charge in [0.25, 0.3) is 0 Å².